The number of hydrogen-bond donors (Lipinski definition) is 1. The van der Waals surface area contributed by atoms with Crippen LogP contribution in [0.4, 0.5) is 11.4 Å². The van der Waals surface area contributed by atoms with E-state index >= 15 is 0 Å². The van der Waals surface area contributed by atoms with Crippen LogP contribution >= 0.6 is 0 Å². The molecule has 0 atom stereocenters. The zero-order chi connectivity index (χ0) is 19.9. The van der Waals surface area contributed by atoms with Gasteiger partial charge in [0.1, 0.15) is 11.8 Å². The highest BCUT2D eigenvalue weighted by Crippen LogP contribution is 2.22. The maximum Gasteiger partial charge on any atom is 0.232 e. The second-order valence-electron chi connectivity index (χ2n) is 5.72. The number of hydrogen-bond acceptors (Lipinski definition) is 5. The predicted octanol–water partition coefficient (Wildman–Crippen LogP) is 2.75. The Morgan fingerprint density at radius 2 is 1.85 bits per heavy atom. The number of ether oxygens (including phenoxy) is 1. The van der Waals surface area contributed by atoms with Crippen molar-refractivity contribution in [3.63, 3.8) is 0 Å². The fraction of sp³-hybridized carbons (Fsp3) is 0.263. The molecule has 0 aliphatic heterocycles. The summed E-state index contributed by atoms with van der Waals surface area (Å²) in [6.07, 6.45) is 1.03. The molecule has 0 radical (unpaired) electrons. The molecular formula is C19H21N3O4S. The van der Waals surface area contributed by atoms with Crippen LogP contribution in [0.1, 0.15) is 18.9 Å². The Morgan fingerprint density at radius 3 is 2.44 bits per heavy atom. The number of nitriles is 1. The largest absolute Gasteiger partial charge is 0.494 e. The van der Waals surface area contributed by atoms with Gasteiger partial charge in [0.25, 0.3) is 0 Å². The van der Waals surface area contributed by atoms with Gasteiger partial charge >= 0.3 is 0 Å². The number of para-hydroxylation sites is 1. The SMILES string of the molecule is CCOc1ccc(N(CCC(=O)Nc2ccccc2C#N)S(C)(=O)=O)cc1. The van der Waals surface area contributed by atoms with E-state index in [2.05, 4.69) is 5.32 Å². The smallest absolute Gasteiger partial charge is 0.232 e. The minimum Gasteiger partial charge on any atom is -0.494 e. The van der Waals surface area contributed by atoms with Crippen LogP contribution in [0.3, 0.4) is 0 Å². The van der Waals surface area contributed by atoms with Crippen molar-refractivity contribution in [3.8, 4) is 11.8 Å². The third kappa shape index (κ3) is 5.72. The number of carbonyl (C=O) groups excluding carboxylic acids is 1. The van der Waals surface area contributed by atoms with Crippen molar-refractivity contribution in [1.82, 2.24) is 0 Å². The second kappa shape index (κ2) is 9.05. The van der Waals surface area contributed by atoms with Crippen molar-refractivity contribution in [3.05, 3.63) is 54.1 Å². The molecule has 2 aromatic rings. The van der Waals surface area contributed by atoms with E-state index in [0.717, 1.165) is 6.26 Å². The standard InChI is InChI=1S/C19H21N3O4S/c1-3-26-17-10-8-16(9-11-17)22(27(2,24)25)13-12-19(23)21-18-7-5-4-6-15(18)14-20/h4-11H,3,12-13H2,1-2H3,(H,21,23). The van der Waals surface area contributed by atoms with Crippen molar-refractivity contribution in [2.45, 2.75) is 13.3 Å². The molecule has 0 saturated carbocycles. The molecule has 8 heteroatoms. The van der Waals surface area contributed by atoms with Gasteiger partial charge in [-0.1, -0.05) is 12.1 Å². The van der Waals surface area contributed by atoms with Crippen LogP contribution in [0.15, 0.2) is 48.5 Å². The summed E-state index contributed by atoms with van der Waals surface area (Å²) in [5.41, 5.74) is 1.19. The average molecular weight is 387 g/mol. The molecule has 7 nitrogen and oxygen atoms in total. The summed E-state index contributed by atoms with van der Waals surface area (Å²) in [4.78, 5) is 12.2. The van der Waals surface area contributed by atoms with Gasteiger partial charge in [-0.3, -0.25) is 9.10 Å². The summed E-state index contributed by atoms with van der Waals surface area (Å²) in [7, 11) is -3.56. The van der Waals surface area contributed by atoms with Crippen LogP contribution in [0, 0.1) is 11.3 Å². The average Bonchev–Trinajstić information content (AvgIpc) is 2.63. The molecule has 0 fully saturated rings. The van der Waals surface area contributed by atoms with E-state index in [1.54, 1.807) is 48.5 Å². The molecule has 0 heterocycles. The molecular weight excluding hydrogens is 366 g/mol. The summed E-state index contributed by atoms with van der Waals surface area (Å²) >= 11 is 0. The minimum absolute atomic E-state index is 0.0205. The molecule has 0 bridgehead atoms. The first-order chi connectivity index (χ1) is 12.8. The highest BCUT2D eigenvalue weighted by atomic mass is 32.2. The number of carbonyl (C=O) groups is 1. The molecule has 0 aromatic heterocycles. The van der Waals surface area contributed by atoms with E-state index in [0.29, 0.717) is 29.3 Å². The summed E-state index contributed by atoms with van der Waals surface area (Å²) < 4.78 is 30.8. The number of anilines is 2. The summed E-state index contributed by atoms with van der Waals surface area (Å²) in [6.45, 7) is 2.35. The lowest BCUT2D eigenvalue weighted by Gasteiger charge is -2.22. The van der Waals surface area contributed by atoms with Gasteiger partial charge in [0.15, 0.2) is 0 Å². The number of nitrogens with one attached hydrogen (secondary N) is 1. The lowest BCUT2D eigenvalue weighted by molar-refractivity contribution is -0.116. The molecule has 0 aliphatic carbocycles. The fourth-order valence-corrected chi connectivity index (χ4v) is 3.39. The normalized spacial score (nSPS) is 10.7. The zero-order valence-electron chi connectivity index (χ0n) is 15.2. The molecule has 0 saturated heterocycles. The van der Waals surface area contributed by atoms with E-state index in [4.69, 9.17) is 10.00 Å². The molecule has 2 rings (SSSR count). The molecule has 0 unspecified atom stereocenters. The maximum atomic E-state index is 12.2. The van der Waals surface area contributed by atoms with Gasteiger partial charge in [0, 0.05) is 13.0 Å². The Balaban J connectivity index is 2.09. The second-order valence-corrected chi connectivity index (χ2v) is 7.62. The van der Waals surface area contributed by atoms with Gasteiger partial charge in [0.2, 0.25) is 15.9 Å². The van der Waals surface area contributed by atoms with Crippen molar-refractivity contribution in [1.29, 1.82) is 5.26 Å². The summed E-state index contributed by atoms with van der Waals surface area (Å²) in [5, 5.41) is 11.7. The van der Waals surface area contributed by atoms with Crippen LogP contribution in [0.2, 0.25) is 0 Å². The van der Waals surface area contributed by atoms with Crippen LogP contribution in [0.5, 0.6) is 5.75 Å². The van der Waals surface area contributed by atoms with Crippen molar-refractivity contribution in [2.24, 2.45) is 0 Å². The summed E-state index contributed by atoms with van der Waals surface area (Å²) in [5.74, 6) is 0.262. The highest BCUT2D eigenvalue weighted by molar-refractivity contribution is 7.92. The lowest BCUT2D eigenvalue weighted by atomic mass is 10.2. The van der Waals surface area contributed by atoms with Gasteiger partial charge in [-0.2, -0.15) is 5.26 Å². The third-order valence-electron chi connectivity index (χ3n) is 3.70. The van der Waals surface area contributed by atoms with Crippen molar-refractivity contribution < 1.29 is 17.9 Å². The van der Waals surface area contributed by atoms with Crippen molar-refractivity contribution in [2.75, 3.05) is 29.0 Å². The first kappa shape index (κ1) is 20.3. The van der Waals surface area contributed by atoms with Gasteiger partial charge in [-0.15, -0.1) is 0 Å². The minimum atomic E-state index is -3.56. The summed E-state index contributed by atoms with van der Waals surface area (Å²) in [6, 6.07) is 15.3. The van der Waals surface area contributed by atoms with Gasteiger partial charge < -0.3 is 10.1 Å². The van der Waals surface area contributed by atoms with Crippen LogP contribution < -0.4 is 14.4 Å². The number of rotatable bonds is 8. The van der Waals surface area contributed by atoms with E-state index in [9.17, 15) is 13.2 Å². The Labute approximate surface area is 159 Å². The number of sulfonamides is 1. The maximum absolute atomic E-state index is 12.2. The number of nitrogens with zero attached hydrogens (tertiary/aromatic N) is 2. The molecule has 1 N–H and O–H groups in total. The van der Waals surface area contributed by atoms with Crippen LogP contribution in [-0.4, -0.2) is 33.7 Å². The topological polar surface area (TPSA) is 99.5 Å². The van der Waals surface area contributed by atoms with E-state index in [-0.39, 0.29) is 18.9 Å². The van der Waals surface area contributed by atoms with Crippen LogP contribution in [0.25, 0.3) is 0 Å². The van der Waals surface area contributed by atoms with E-state index in [1.165, 1.54) is 4.31 Å². The molecule has 142 valence electrons. The Hall–Kier alpha value is -3.05. The number of benzene rings is 2. The quantitative estimate of drug-likeness (QED) is 0.751. The molecule has 0 spiro atoms. The van der Waals surface area contributed by atoms with Gasteiger partial charge in [-0.05, 0) is 43.3 Å². The third-order valence-corrected chi connectivity index (χ3v) is 4.89. The number of amides is 1. The zero-order valence-corrected chi connectivity index (χ0v) is 16.0. The monoisotopic (exact) mass is 387 g/mol. The highest BCUT2D eigenvalue weighted by Gasteiger charge is 2.19. The Morgan fingerprint density at radius 1 is 1.19 bits per heavy atom. The van der Waals surface area contributed by atoms with E-state index in [1.807, 2.05) is 13.0 Å². The first-order valence-electron chi connectivity index (χ1n) is 8.34. The first-order valence-corrected chi connectivity index (χ1v) is 10.2. The van der Waals surface area contributed by atoms with Crippen molar-refractivity contribution >= 4 is 27.3 Å². The Bertz CT molecular complexity index is 934. The van der Waals surface area contributed by atoms with Gasteiger partial charge in [-0.25, -0.2) is 8.42 Å². The van der Waals surface area contributed by atoms with E-state index < -0.39 is 10.0 Å². The predicted molar refractivity (Wildman–Crippen MR) is 104 cm³/mol. The molecule has 27 heavy (non-hydrogen) atoms. The Kier molecular flexibility index (Phi) is 6.79. The lowest BCUT2D eigenvalue weighted by Crippen LogP contribution is -2.33. The molecule has 0 aliphatic rings. The molecule has 1 amide bonds. The fourth-order valence-electron chi connectivity index (χ4n) is 2.47. The van der Waals surface area contributed by atoms with Crippen LogP contribution in [-0.2, 0) is 14.8 Å². The molecule has 2 aromatic carbocycles. The van der Waals surface area contributed by atoms with Gasteiger partial charge in [0.05, 0.1) is 29.8 Å².